The number of nitrogens with zero attached hydrogens (tertiary/aromatic N) is 4. The van der Waals surface area contributed by atoms with Gasteiger partial charge in [-0.05, 0) is 36.8 Å². The molecule has 5 rings (SSSR count). The number of nitro groups is 1. The SMILES string of the molecule is COc1cc(N=Cc2cn(-c3ccccc3)nc2-c2cc3ccccc3o2)c(C)cc1[N+](=O)[O-]. The van der Waals surface area contributed by atoms with E-state index in [1.807, 2.05) is 66.9 Å². The minimum atomic E-state index is -0.469. The lowest BCUT2D eigenvalue weighted by atomic mass is 10.1. The average molecular weight is 452 g/mol. The molecule has 0 N–H and O–H groups in total. The van der Waals surface area contributed by atoms with E-state index >= 15 is 0 Å². The van der Waals surface area contributed by atoms with E-state index in [0.29, 0.717) is 22.7 Å². The van der Waals surface area contributed by atoms with Crippen molar-refractivity contribution < 1.29 is 14.1 Å². The van der Waals surface area contributed by atoms with Gasteiger partial charge in [0.25, 0.3) is 0 Å². The van der Waals surface area contributed by atoms with Crippen LogP contribution in [0.1, 0.15) is 11.1 Å². The van der Waals surface area contributed by atoms with Crippen LogP contribution in [0.15, 0.2) is 88.4 Å². The lowest BCUT2D eigenvalue weighted by Gasteiger charge is -2.05. The molecule has 2 heterocycles. The van der Waals surface area contributed by atoms with Gasteiger partial charge >= 0.3 is 5.69 Å². The highest BCUT2D eigenvalue weighted by Gasteiger charge is 2.18. The van der Waals surface area contributed by atoms with Gasteiger partial charge in [-0.15, -0.1) is 0 Å². The van der Waals surface area contributed by atoms with Crippen molar-refractivity contribution in [1.29, 1.82) is 0 Å². The molecule has 0 saturated heterocycles. The number of methoxy groups -OCH3 is 1. The van der Waals surface area contributed by atoms with E-state index in [9.17, 15) is 10.1 Å². The van der Waals surface area contributed by atoms with E-state index in [2.05, 4.69) is 4.99 Å². The van der Waals surface area contributed by atoms with E-state index in [4.69, 9.17) is 14.3 Å². The predicted octanol–water partition coefficient (Wildman–Crippen LogP) is 6.26. The van der Waals surface area contributed by atoms with Crippen LogP contribution in [0.4, 0.5) is 11.4 Å². The summed E-state index contributed by atoms with van der Waals surface area (Å²) in [6, 6.07) is 22.5. The summed E-state index contributed by atoms with van der Waals surface area (Å²) in [5, 5.41) is 17.0. The number of fused-ring (bicyclic) bond motifs is 1. The fraction of sp³-hybridized carbons (Fsp3) is 0.0769. The van der Waals surface area contributed by atoms with Crippen molar-refractivity contribution in [3.63, 3.8) is 0 Å². The van der Waals surface area contributed by atoms with Crippen molar-refractivity contribution in [2.45, 2.75) is 6.92 Å². The Hall–Kier alpha value is -4.72. The van der Waals surface area contributed by atoms with Crippen molar-refractivity contribution in [1.82, 2.24) is 9.78 Å². The van der Waals surface area contributed by atoms with E-state index in [-0.39, 0.29) is 11.4 Å². The zero-order valence-electron chi connectivity index (χ0n) is 18.5. The van der Waals surface area contributed by atoms with Crippen LogP contribution in [0.5, 0.6) is 5.75 Å². The third kappa shape index (κ3) is 3.93. The summed E-state index contributed by atoms with van der Waals surface area (Å²) in [6.45, 7) is 1.77. The van der Waals surface area contributed by atoms with Gasteiger partial charge in [0.15, 0.2) is 11.5 Å². The molecule has 0 radical (unpaired) electrons. The molecule has 0 aliphatic rings. The van der Waals surface area contributed by atoms with Crippen LogP contribution in [0.2, 0.25) is 0 Å². The molecule has 2 aromatic heterocycles. The number of hydrogen-bond acceptors (Lipinski definition) is 6. The summed E-state index contributed by atoms with van der Waals surface area (Å²) in [6.07, 6.45) is 3.56. The maximum absolute atomic E-state index is 11.3. The Labute approximate surface area is 194 Å². The minimum Gasteiger partial charge on any atom is -0.490 e. The number of para-hydroxylation sites is 2. The molecule has 0 aliphatic carbocycles. The van der Waals surface area contributed by atoms with Gasteiger partial charge in [-0.1, -0.05) is 36.4 Å². The fourth-order valence-electron chi connectivity index (χ4n) is 3.73. The zero-order chi connectivity index (χ0) is 23.7. The summed E-state index contributed by atoms with van der Waals surface area (Å²) >= 11 is 0. The van der Waals surface area contributed by atoms with Crippen LogP contribution >= 0.6 is 0 Å². The Bertz CT molecular complexity index is 1500. The molecule has 5 aromatic rings. The second kappa shape index (κ2) is 8.67. The molecule has 0 spiro atoms. The molecular formula is C26H20N4O4. The second-order valence-corrected chi connectivity index (χ2v) is 7.69. The van der Waals surface area contributed by atoms with Gasteiger partial charge in [0, 0.05) is 35.5 Å². The van der Waals surface area contributed by atoms with Crippen molar-refractivity contribution >= 4 is 28.6 Å². The summed E-state index contributed by atoms with van der Waals surface area (Å²) in [5.74, 6) is 0.774. The third-order valence-electron chi connectivity index (χ3n) is 5.46. The first-order valence-electron chi connectivity index (χ1n) is 10.5. The van der Waals surface area contributed by atoms with Crippen LogP contribution in [0, 0.1) is 17.0 Å². The minimum absolute atomic E-state index is 0.0983. The lowest BCUT2D eigenvalue weighted by Crippen LogP contribution is -1.94. The third-order valence-corrected chi connectivity index (χ3v) is 5.46. The Kier molecular flexibility index (Phi) is 5.39. The van der Waals surface area contributed by atoms with E-state index in [0.717, 1.165) is 22.2 Å². The number of aryl methyl sites for hydroxylation is 1. The maximum atomic E-state index is 11.3. The Morgan fingerprint density at radius 2 is 1.85 bits per heavy atom. The van der Waals surface area contributed by atoms with Gasteiger partial charge in [0.1, 0.15) is 11.3 Å². The Morgan fingerprint density at radius 1 is 1.09 bits per heavy atom. The number of aromatic nitrogens is 2. The number of benzene rings is 3. The molecule has 8 nitrogen and oxygen atoms in total. The summed E-state index contributed by atoms with van der Waals surface area (Å²) in [7, 11) is 1.40. The van der Waals surface area contributed by atoms with Crippen LogP contribution in [-0.4, -0.2) is 28.0 Å². The largest absolute Gasteiger partial charge is 0.490 e. The predicted molar refractivity (Wildman–Crippen MR) is 130 cm³/mol. The number of ether oxygens (including phenoxy) is 1. The molecule has 0 bridgehead atoms. The Morgan fingerprint density at radius 3 is 2.59 bits per heavy atom. The molecule has 34 heavy (non-hydrogen) atoms. The lowest BCUT2D eigenvalue weighted by molar-refractivity contribution is -0.385. The average Bonchev–Trinajstić information content (AvgIpc) is 3.47. The molecule has 8 heteroatoms. The van der Waals surface area contributed by atoms with Crippen LogP contribution < -0.4 is 4.74 Å². The Balaban J connectivity index is 1.61. The number of hydrogen-bond donors (Lipinski definition) is 0. The van der Waals surface area contributed by atoms with E-state index < -0.39 is 4.92 Å². The maximum Gasteiger partial charge on any atom is 0.311 e. The highest BCUT2D eigenvalue weighted by atomic mass is 16.6. The van der Waals surface area contributed by atoms with Gasteiger partial charge < -0.3 is 9.15 Å². The summed E-state index contributed by atoms with van der Waals surface area (Å²) in [5.41, 5.74) is 4.15. The first-order chi connectivity index (χ1) is 16.5. The fourth-order valence-corrected chi connectivity index (χ4v) is 3.73. The smallest absolute Gasteiger partial charge is 0.311 e. The monoisotopic (exact) mass is 452 g/mol. The standard InChI is InChI=1S/C26H20N4O4/c1-17-12-22(30(31)32)24(33-2)14-21(17)27-15-19-16-29(20-9-4-3-5-10-20)28-26(19)25-13-18-8-6-7-11-23(18)34-25/h3-16H,1-2H3. The normalized spacial score (nSPS) is 11.4. The van der Waals surface area contributed by atoms with Gasteiger partial charge in [-0.25, -0.2) is 4.68 Å². The quantitative estimate of drug-likeness (QED) is 0.172. The second-order valence-electron chi connectivity index (χ2n) is 7.69. The van der Waals surface area contributed by atoms with Crippen LogP contribution in [0.3, 0.4) is 0 Å². The van der Waals surface area contributed by atoms with Crippen molar-refractivity contribution in [3.05, 3.63) is 100 Å². The number of furan rings is 1. The van der Waals surface area contributed by atoms with Gasteiger partial charge in [0.2, 0.25) is 0 Å². The van der Waals surface area contributed by atoms with Gasteiger partial charge in [0.05, 0.1) is 23.4 Å². The summed E-state index contributed by atoms with van der Waals surface area (Å²) < 4.78 is 13.0. The van der Waals surface area contributed by atoms with Crippen molar-refractivity contribution in [2.24, 2.45) is 4.99 Å². The molecule has 0 aliphatic heterocycles. The molecular weight excluding hydrogens is 432 g/mol. The van der Waals surface area contributed by atoms with Crippen LogP contribution in [-0.2, 0) is 0 Å². The van der Waals surface area contributed by atoms with Crippen molar-refractivity contribution in [2.75, 3.05) is 7.11 Å². The first-order valence-corrected chi connectivity index (χ1v) is 10.5. The first kappa shape index (κ1) is 21.1. The molecule has 0 atom stereocenters. The highest BCUT2D eigenvalue weighted by Crippen LogP contribution is 2.35. The molecule has 0 amide bonds. The van der Waals surface area contributed by atoms with Gasteiger partial charge in [-0.2, -0.15) is 5.10 Å². The molecule has 0 unspecified atom stereocenters. The van der Waals surface area contributed by atoms with E-state index in [1.165, 1.54) is 13.2 Å². The molecule has 3 aromatic carbocycles. The number of rotatable bonds is 6. The molecule has 0 fully saturated rings. The summed E-state index contributed by atoms with van der Waals surface area (Å²) in [4.78, 5) is 15.4. The van der Waals surface area contributed by atoms with Crippen LogP contribution in [0.25, 0.3) is 28.1 Å². The van der Waals surface area contributed by atoms with Gasteiger partial charge in [-0.3, -0.25) is 15.1 Å². The molecule has 168 valence electrons. The molecule has 0 saturated carbocycles. The van der Waals surface area contributed by atoms with Crippen molar-refractivity contribution in [3.8, 4) is 22.9 Å². The zero-order valence-corrected chi connectivity index (χ0v) is 18.5. The number of nitro benzene ring substituents is 1. The van der Waals surface area contributed by atoms with E-state index in [1.54, 1.807) is 23.9 Å². The topological polar surface area (TPSA) is 95.7 Å². The highest BCUT2D eigenvalue weighted by molar-refractivity contribution is 5.92. The number of aliphatic imine (C=N–C) groups is 1.